The van der Waals surface area contributed by atoms with Crippen LogP contribution >= 0.6 is 0 Å². The largest absolute Gasteiger partial charge is 0.385 e. The Balaban J connectivity index is 2.23. The highest BCUT2D eigenvalue weighted by Gasteiger charge is 2.41. The molecular formula is C17H27NO2. The van der Waals surface area contributed by atoms with Crippen LogP contribution in [0.1, 0.15) is 31.7 Å². The molecule has 0 bridgehead atoms. The number of hydrogen-bond acceptors (Lipinski definition) is 3. The molecule has 0 saturated carbocycles. The summed E-state index contributed by atoms with van der Waals surface area (Å²) in [5.74, 6) is 0.438. The van der Waals surface area contributed by atoms with Gasteiger partial charge in [-0.25, -0.2) is 0 Å². The van der Waals surface area contributed by atoms with Crippen LogP contribution < -0.4 is 5.73 Å². The van der Waals surface area contributed by atoms with Crippen LogP contribution in [0.4, 0.5) is 0 Å². The topological polar surface area (TPSA) is 44.5 Å². The van der Waals surface area contributed by atoms with Gasteiger partial charge >= 0.3 is 0 Å². The molecule has 1 heterocycles. The third-order valence-corrected chi connectivity index (χ3v) is 4.76. The molecule has 2 unspecified atom stereocenters. The maximum atomic E-state index is 6.69. The molecule has 3 nitrogen and oxygen atoms in total. The summed E-state index contributed by atoms with van der Waals surface area (Å²) in [5.41, 5.74) is 8.10. The normalized spacial score (nSPS) is 21.4. The third-order valence-electron chi connectivity index (χ3n) is 4.76. The van der Waals surface area contributed by atoms with Crippen molar-refractivity contribution >= 4 is 0 Å². The van der Waals surface area contributed by atoms with E-state index in [1.165, 1.54) is 5.56 Å². The van der Waals surface area contributed by atoms with Crippen molar-refractivity contribution in [2.75, 3.05) is 26.9 Å². The molecule has 2 N–H and O–H groups in total. The van der Waals surface area contributed by atoms with E-state index < -0.39 is 0 Å². The molecule has 112 valence electrons. The van der Waals surface area contributed by atoms with Crippen LogP contribution in [0.5, 0.6) is 0 Å². The summed E-state index contributed by atoms with van der Waals surface area (Å²) in [6, 6.07) is 10.9. The fourth-order valence-corrected chi connectivity index (χ4v) is 3.35. The summed E-state index contributed by atoms with van der Waals surface area (Å²) in [6.07, 6.45) is 3.03. The van der Waals surface area contributed by atoms with E-state index in [2.05, 4.69) is 37.3 Å². The van der Waals surface area contributed by atoms with Crippen LogP contribution in [0.2, 0.25) is 0 Å². The van der Waals surface area contributed by atoms with Crippen molar-refractivity contribution in [3.05, 3.63) is 35.9 Å². The van der Waals surface area contributed by atoms with E-state index in [-0.39, 0.29) is 11.5 Å². The van der Waals surface area contributed by atoms with Crippen molar-refractivity contribution < 1.29 is 9.47 Å². The Morgan fingerprint density at radius 2 is 1.90 bits per heavy atom. The highest BCUT2D eigenvalue weighted by atomic mass is 16.5. The smallest absolute Gasteiger partial charge is 0.0475 e. The summed E-state index contributed by atoms with van der Waals surface area (Å²) >= 11 is 0. The van der Waals surface area contributed by atoms with Gasteiger partial charge < -0.3 is 15.2 Å². The van der Waals surface area contributed by atoms with Gasteiger partial charge in [-0.15, -0.1) is 0 Å². The SMILES string of the molecule is COCCC(C)C(N)C1(c2ccccc2)CCOCC1. The zero-order valence-electron chi connectivity index (χ0n) is 12.7. The highest BCUT2D eigenvalue weighted by molar-refractivity contribution is 5.28. The molecule has 1 aliphatic rings. The number of methoxy groups -OCH3 is 1. The van der Waals surface area contributed by atoms with Gasteiger partial charge in [0.25, 0.3) is 0 Å². The Hall–Kier alpha value is -0.900. The van der Waals surface area contributed by atoms with E-state index in [4.69, 9.17) is 15.2 Å². The predicted molar refractivity (Wildman–Crippen MR) is 81.8 cm³/mol. The van der Waals surface area contributed by atoms with Gasteiger partial charge in [0.05, 0.1) is 0 Å². The van der Waals surface area contributed by atoms with Gasteiger partial charge in [-0.1, -0.05) is 37.3 Å². The molecule has 1 saturated heterocycles. The average molecular weight is 277 g/mol. The number of hydrogen-bond donors (Lipinski definition) is 1. The summed E-state index contributed by atoms with van der Waals surface area (Å²) < 4.78 is 10.8. The minimum Gasteiger partial charge on any atom is -0.385 e. The number of benzene rings is 1. The molecule has 0 amide bonds. The Morgan fingerprint density at radius 1 is 1.25 bits per heavy atom. The van der Waals surface area contributed by atoms with Crippen LogP contribution in [0.3, 0.4) is 0 Å². The lowest BCUT2D eigenvalue weighted by Crippen LogP contribution is -2.52. The number of rotatable bonds is 6. The van der Waals surface area contributed by atoms with Crippen LogP contribution in [-0.2, 0) is 14.9 Å². The lowest BCUT2D eigenvalue weighted by atomic mass is 9.65. The zero-order valence-corrected chi connectivity index (χ0v) is 12.7. The Kier molecular flexibility index (Phi) is 5.58. The second-order valence-corrected chi connectivity index (χ2v) is 5.92. The molecule has 1 aromatic carbocycles. The molecule has 1 fully saturated rings. The maximum Gasteiger partial charge on any atom is 0.0475 e. The lowest BCUT2D eigenvalue weighted by Gasteiger charge is -2.45. The van der Waals surface area contributed by atoms with Gasteiger partial charge in [0.1, 0.15) is 0 Å². The summed E-state index contributed by atoms with van der Waals surface area (Å²) in [6.45, 7) is 4.62. The van der Waals surface area contributed by atoms with Gasteiger partial charge in [-0.3, -0.25) is 0 Å². The van der Waals surface area contributed by atoms with Crippen molar-refractivity contribution in [3.63, 3.8) is 0 Å². The van der Waals surface area contributed by atoms with Crippen LogP contribution in [0.25, 0.3) is 0 Å². The van der Waals surface area contributed by atoms with Crippen molar-refractivity contribution in [1.82, 2.24) is 0 Å². The molecule has 1 aromatic rings. The fourth-order valence-electron chi connectivity index (χ4n) is 3.35. The first kappa shape index (κ1) is 15.5. The Morgan fingerprint density at radius 3 is 2.50 bits per heavy atom. The molecule has 0 radical (unpaired) electrons. The van der Waals surface area contributed by atoms with E-state index in [1.54, 1.807) is 7.11 Å². The van der Waals surface area contributed by atoms with Crippen molar-refractivity contribution in [2.24, 2.45) is 11.7 Å². The molecule has 0 aromatic heterocycles. The summed E-state index contributed by atoms with van der Waals surface area (Å²) in [5, 5.41) is 0. The van der Waals surface area contributed by atoms with Crippen LogP contribution in [-0.4, -0.2) is 33.0 Å². The van der Waals surface area contributed by atoms with Crippen LogP contribution in [0.15, 0.2) is 30.3 Å². The molecule has 20 heavy (non-hydrogen) atoms. The van der Waals surface area contributed by atoms with E-state index >= 15 is 0 Å². The predicted octanol–water partition coefficient (Wildman–Crippen LogP) is 2.73. The summed E-state index contributed by atoms with van der Waals surface area (Å²) in [4.78, 5) is 0. The average Bonchev–Trinajstić information content (AvgIpc) is 2.53. The molecule has 0 spiro atoms. The molecule has 1 aliphatic heterocycles. The quantitative estimate of drug-likeness (QED) is 0.869. The molecular weight excluding hydrogens is 250 g/mol. The highest BCUT2D eigenvalue weighted by Crippen LogP contribution is 2.40. The first-order valence-electron chi connectivity index (χ1n) is 7.58. The monoisotopic (exact) mass is 277 g/mol. The van der Waals surface area contributed by atoms with E-state index in [0.29, 0.717) is 5.92 Å². The second kappa shape index (κ2) is 7.21. The van der Waals surface area contributed by atoms with Crippen molar-refractivity contribution in [2.45, 2.75) is 37.6 Å². The minimum absolute atomic E-state index is 0.0483. The van der Waals surface area contributed by atoms with Crippen LogP contribution in [0, 0.1) is 5.92 Å². The first-order valence-corrected chi connectivity index (χ1v) is 7.58. The minimum atomic E-state index is 0.0483. The molecule has 0 aliphatic carbocycles. The Labute approximate surface area is 122 Å². The summed E-state index contributed by atoms with van der Waals surface area (Å²) in [7, 11) is 1.75. The van der Waals surface area contributed by atoms with E-state index in [0.717, 1.165) is 39.1 Å². The number of ether oxygens (including phenoxy) is 2. The van der Waals surface area contributed by atoms with Gasteiger partial charge in [0.15, 0.2) is 0 Å². The standard InChI is InChI=1S/C17H27NO2/c1-14(8-11-19-2)16(18)17(9-12-20-13-10-17)15-6-4-3-5-7-15/h3-7,14,16H,8-13,18H2,1-2H3. The first-order chi connectivity index (χ1) is 9.70. The zero-order chi connectivity index (χ0) is 14.4. The van der Waals surface area contributed by atoms with Crippen molar-refractivity contribution in [3.8, 4) is 0 Å². The Bertz CT molecular complexity index is 387. The van der Waals surface area contributed by atoms with Gasteiger partial charge in [0.2, 0.25) is 0 Å². The van der Waals surface area contributed by atoms with E-state index in [9.17, 15) is 0 Å². The lowest BCUT2D eigenvalue weighted by molar-refractivity contribution is 0.0296. The molecule has 2 rings (SSSR count). The van der Waals surface area contributed by atoms with Gasteiger partial charge in [-0.2, -0.15) is 0 Å². The third kappa shape index (κ3) is 3.22. The van der Waals surface area contributed by atoms with Gasteiger partial charge in [0, 0.05) is 38.4 Å². The maximum absolute atomic E-state index is 6.69. The van der Waals surface area contributed by atoms with Gasteiger partial charge in [-0.05, 0) is 30.7 Å². The molecule has 3 heteroatoms. The fraction of sp³-hybridized carbons (Fsp3) is 0.647. The second-order valence-electron chi connectivity index (χ2n) is 5.92. The molecule has 2 atom stereocenters. The van der Waals surface area contributed by atoms with Crippen molar-refractivity contribution in [1.29, 1.82) is 0 Å². The number of nitrogens with two attached hydrogens (primary N) is 1. The van der Waals surface area contributed by atoms with E-state index in [1.807, 2.05) is 0 Å².